The highest BCUT2D eigenvalue weighted by Crippen LogP contribution is 2.23. The Bertz CT molecular complexity index is 936. The predicted molar refractivity (Wildman–Crippen MR) is 117 cm³/mol. The van der Waals surface area contributed by atoms with E-state index >= 15 is 0 Å². The highest BCUT2D eigenvalue weighted by Gasteiger charge is 2.21. The maximum atomic E-state index is 12.5. The van der Waals surface area contributed by atoms with E-state index in [0.29, 0.717) is 22.2 Å². The largest absolute Gasteiger partial charge is 0.326 e. The van der Waals surface area contributed by atoms with Crippen molar-refractivity contribution in [3.8, 4) is 0 Å². The van der Waals surface area contributed by atoms with Gasteiger partial charge in [-0.1, -0.05) is 54.6 Å². The number of hydrogen-bond donors (Lipinski definition) is 2. The summed E-state index contributed by atoms with van der Waals surface area (Å²) < 4.78 is 27.9. The zero-order valence-electron chi connectivity index (χ0n) is 16.0. The molecule has 2 aromatic carbocycles. The van der Waals surface area contributed by atoms with Crippen LogP contribution in [0.2, 0.25) is 10.0 Å². The number of amides is 1. The highest BCUT2D eigenvalue weighted by molar-refractivity contribution is 7.89. The molecule has 8 heteroatoms. The van der Waals surface area contributed by atoms with Crippen molar-refractivity contribution in [1.29, 1.82) is 0 Å². The van der Waals surface area contributed by atoms with Crippen molar-refractivity contribution >= 4 is 44.8 Å². The topological polar surface area (TPSA) is 75.3 Å². The predicted octanol–water partition coefficient (Wildman–Crippen LogP) is 5.18. The van der Waals surface area contributed by atoms with Crippen LogP contribution in [0.1, 0.15) is 44.1 Å². The Morgan fingerprint density at radius 3 is 2.21 bits per heavy atom. The summed E-state index contributed by atoms with van der Waals surface area (Å²) in [6.07, 6.45) is 5.84. The lowest BCUT2D eigenvalue weighted by Crippen LogP contribution is -2.36. The van der Waals surface area contributed by atoms with Crippen LogP contribution in [0.25, 0.3) is 0 Å². The lowest BCUT2D eigenvalue weighted by atomic mass is 9.96. The van der Waals surface area contributed by atoms with Gasteiger partial charge in [0.25, 0.3) is 0 Å². The Labute approximate surface area is 181 Å². The number of benzene rings is 2. The molecule has 0 aliphatic heterocycles. The Morgan fingerprint density at radius 2 is 1.59 bits per heavy atom. The van der Waals surface area contributed by atoms with Crippen LogP contribution >= 0.6 is 23.2 Å². The van der Waals surface area contributed by atoms with Gasteiger partial charge in [0.05, 0.1) is 4.90 Å². The third kappa shape index (κ3) is 6.71. The second-order valence-electron chi connectivity index (χ2n) is 7.31. The summed E-state index contributed by atoms with van der Waals surface area (Å²) in [6, 6.07) is 11.6. The van der Waals surface area contributed by atoms with Gasteiger partial charge >= 0.3 is 0 Å². The van der Waals surface area contributed by atoms with Gasteiger partial charge in [0.2, 0.25) is 15.9 Å². The van der Waals surface area contributed by atoms with Crippen LogP contribution in [0, 0.1) is 0 Å². The second kappa shape index (κ2) is 9.94. The summed E-state index contributed by atoms with van der Waals surface area (Å²) in [4.78, 5) is 12.4. The average molecular weight is 455 g/mol. The minimum absolute atomic E-state index is 0.0251. The van der Waals surface area contributed by atoms with Gasteiger partial charge < -0.3 is 5.32 Å². The standard InChI is InChI=1S/C21H24Cl2N2O3S/c22-16-12-17(23)14-19(13-16)24-21(26)11-8-15-6-9-20(10-7-15)29(27,28)25-18-4-2-1-3-5-18/h6-7,9-10,12-14,18,25H,1-5,8,11H2,(H,24,26). The smallest absolute Gasteiger partial charge is 0.240 e. The molecule has 0 saturated heterocycles. The molecule has 1 fully saturated rings. The molecule has 0 bridgehead atoms. The molecule has 1 aliphatic rings. The van der Waals surface area contributed by atoms with Crippen LogP contribution in [-0.4, -0.2) is 20.4 Å². The number of rotatable bonds is 7. The molecule has 1 aliphatic carbocycles. The number of anilines is 1. The van der Waals surface area contributed by atoms with Crippen LogP contribution in [0.5, 0.6) is 0 Å². The van der Waals surface area contributed by atoms with Gasteiger partial charge in [0.15, 0.2) is 0 Å². The molecule has 0 unspecified atom stereocenters. The Kier molecular flexibility index (Phi) is 7.57. The average Bonchev–Trinajstić information content (AvgIpc) is 2.66. The Hall–Kier alpha value is -1.60. The van der Waals surface area contributed by atoms with Crippen molar-refractivity contribution in [2.24, 2.45) is 0 Å². The van der Waals surface area contributed by atoms with Crippen LogP contribution in [-0.2, 0) is 21.2 Å². The van der Waals surface area contributed by atoms with Crippen molar-refractivity contribution in [3.05, 3.63) is 58.1 Å². The molecular weight excluding hydrogens is 431 g/mol. The number of hydrogen-bond acceptors (Lipinski definition) is 3. The molecule has 0 spiro atoms. The number of nitrogens with one attached hydrogen (secondary N) is 2. The van der Waals surface area contributed by atoms with Crippen molar-refractivity contribution in [3.63, 3.8) is 0 Å². The van der Waals surface area contributed by atoms with Gasteiger partial charge in [-0.05, 0) is 55.2 Å². The Morgan fingerprint density at radius 1 is 0.966 bits per heavy atom. The van der Waals surface area contributed by atoms with Crippen molar-refractivity contribution < 1.29 is 13.2 Å². The van der Waals surface area contributed by atoms with E-state index in [0.717, 1.165) is 31.2 Å². The van der Waals surface area contributed by atoms with E-state index < -0.39 is 10.0 Å². The van der Waals surface area contributed by atoms with Gasteiger partial charge in [-0.25, -0.2) is 13.1 Å². The molecule has 0 aromatic heterocycles. The fraction of sp³-hybridized carbons (Fsp3) is 0.381. The quantitative estimate of drug-likeness (QED) is 0.605. The summed E-state index contributed by atoms with van der Waals surface area (Å²) in [5.74, 6) is -0.168. The van der Waals surface area contributed by atoms with Crippen LogP contribution in [0.3, 0.4) is 0 Å². The summed E-state index contributed by atoms with van der Waals surface area (Å²) in [6.45, 7) is 0. The minimum atomic E-state index is -3.51. The molecule has 0 atom stereocenters. The molecule has 1 amide bonds. The van der Waals surface area contributed by atoms with Gasteiger partial charge in [-0.3, -0.25) is 4.79 Å². The van der Waals surface area contributed by atoms with Crippen molar-refractivity contribution in [1.82, 2.24) is 4.72 Å². The number of carbonyl (C=O) groups is 1. The second-order valence-corrected chi connectivity index (χ2v) is 9.89. The van der Waals surface area contributed by atoms with Gasteiger partial charge in [-0.15, -0.1) is 0 Å². The molecule has 0 heterocycles. The van der Waals surface area contributed by atoms with E-state index in [1.165, 1.54) is 6.42 Å². The van der Waals surface area contributed by atoms with Crippen LogP contribution in [0.15, 0.2) is 47.4 Å². The number of carbonyl (C=O) groups excluding carboxylic acids is 1. The van der Waals surface area contributed by atoms with E-state index in [1.54, 1.807) is 42.5 Å². The van der Waals surface area contributed by atoms with E-state index in [-0.39, 0.29) is 23.3 Å². The lowest BCUT2D eigenvalue weighted by Gasteiger charge is -2.22. The molecule has 2 aromatic rings. The molecule has 3 rings (SSSR count). The minimum Gasteiger partial charge on any atom is -0.326 e. The fourth-order valence-corrected chi connectivity index (χ4v) is 5.28. The monoisotopic (exact) mass is 454 g/mol. The SMILES string of the molecule is O=C(CCc1ccc(S(=O)(=O)NC2CCCCC2)cc1)Nc1cc(Cl)cc(Cl)c1. The maximum absolute atomic E-state index is 12.5. The van der Waals surface area contributed by atoms with E-state index in [9.17, 15) is 13.2 Å². The van der Waals surface area contributed by atoms with E-state index in [2.05, 4.69) is 10.0 Å². The summed E-state index contributed by atoms with van der Waals surface area (Å²) in [5.41, 5.74) is 1.43. The fourth-order valence-electron chi connectivity index (χ4n) is 3.45. The number of aryl methyl sites for hydroxylation is 1. The summed E-state index contributed by atoms with van der Waals surface area (Å²) >= 11 is 11.9. The molecule has 1 saturated carbocycles. The zero-order chi connectivity index (χ0) is 20.9. The lowest BCUT2D eigenvalue weighted by molar-refractivity contribution is -0.116. The van der Waals surface area contributed by atoms with Crippen LogP contribution in [0.4, 0.5) is 5.69 Å². The first-order chi connectivity index (χ1) is 13.8. The molecule has 2 N–H and O–H groups in total. The molecule has 0 radical (unpaired) electrons. The first kappa shape index (κ1) is 22.1. The van der Waals surface area contributed by atoms with E-state index in [1.807, 2.05) is 0 Å². The first-order valence-electron chi connectivity index (χ1n) is 9.69. The molecular formula is C21H24Cl2N2O3S. The molecule has 29 heavy (non-hydrogen) atoms. The third-order valence-corrected chi connectivity index (χ3v) is 6.92. The molecule has 156 valence electrons. The summed E-state index contributed by atoms with van der Waals surface area (Å²) in [5, 5.41) is 3.66. The highest BCUT2D eigenvalue weighted by atomic mass is 35.5. The van der Waals surface area contributed by atoms with E-state index in [4.69, 9.17) is 23.2 Å². The number of sulfonamides is 1. The summed E-state index contributed by atoms with van der Waals surface area (Å²) in [7, 11) is -3.51. The first-order valence-corrected chi connectivity index (χ1v) is 11.9. The van der Waals surface area contributed by atoms with Gasteiger partial charge in [-0.2, -0.15) is 0 Å². The zero-order valence-corrected chi connectivity index (χ0v) is 18.3. The third-order valence-electron chi connectivity index (χ3n) is 4.95. The van der Waals surface area contributed by atoms with Crippen molar-refractivity contribution in [2.75, 3.05) is 5.32 Å². The number of halogens is 2. The maximum Gasteiger partial charge on any atom is 0.240 e. The van der Waals surface area contributed by atoms with Gasteiger partial charge in [0, 0.05) is 28.2 Å². The van der Waals surface area contributed by atoms with Crippen LogP contribution < -0.4 is 10.0 Å². The van der Waals surface area contributed by atoms with Crippen molar-refractivity contribution in [2.45, 2.75) is 55.9 Å². The normalized spacial score (nSPS) is 15.2. The van der Waals surface area contributed by atoms with Gasteiger partial charge in [0.1, 0.15) is 0 Å². The Balaban J connectivity index is 1.53. The molecule has 5 nitrogen and oxygen atoms in total.